The van der Waals surface area contributed by atoms with Crippen molar-refractivity contribution in [2.75, 3.05) is 33.3 Å². The number of imide groups is 1. The van der Waals surface area contributed by atoms with Crippen LogP contribution in [0.5, 0.6) is 0 Å². The van der Waals surface area contributed by atoms with E-state index in [2.05, 4.69) is 27.0 Å². The monoisotopic (exact) mass is 398 g/mol. The quantitative estimate of drug-likeness (QED) is 0.609. The van der Waals surface area contributed by atoms with E-state index in [4.69, 9.17) is 4.74 Å². The molecule has 2 aliphatic heterocycles. The molecule has 1 N–H and O–H groups in total. The lowest BCUT2D eigenvalue weighted by molar-refractivity contribution is -0.143. The molecule has 3 amide bonds. The smallest absolute Gasteiger partial charge is 0.325 e. The number of hydrogen-bond acceptors (Lipinski definition) is 5. The average molecular weight is 398 g/mol. The number of likely N-dealkylation sites (tertiary alicyclic amines) is 1. The number of nitrogens with zero attached hydrogens (tertiary/aromatic N) is 3. The van der Waals surface area contributed by atoms with Crippen LogP contribution in [0.25, 0.3) is 10.9 Å². The van der Waals surface area contributed by atoms with Crippen molar-refractivity contribution in [3.8, 4) is 0 Å². The first-order valence-corrected chi connectivity index (χ1v) is 9.89. The Kier molecular flexibility index (Phi) is 4.82. The second-order valence-corrected chi connectivity index (χ2v) is 7.88. The maximum Gasteiger partial charge on any atom is 0.325 e. The Hall–Kier alpha value is -2.87. The second-order valence-electron chi connectivity index (χ2n) is 7.88. The van der Waals surface area contributed by atoms with Gasteiger partial charge in [-0.2, -0.15) is 0 Å². The van der Waals surface area contributed by atoms with Crippen molar-refractivity contribution in [2.45, 2.75) is 24.8 Å². The number of rotatable bonds is 5. The summed E-state index contributed by atoms with van der Waals surface area (Å²) in [6, 6.07) is 7.63. The molecule has 0 radical (unpaired) electrons. The standard InChI is InChI=1S/C21H26N4O4/c1-4-29-18(26)9-10-25-19(27)21(22-20(25)28)13-23(2)12-16(21)15-11-24(3)17-8-6-5-7-14(15)17/h5-8,11,16H,4,9-10,12-13H2,1-3H3,(H,22,28)/t16-,21+/m1/s1. The van der Waals surface area contributed by atoms with Crippen LogP contribution in [0.4, 0.5) is 4.79 Å². The van der Waals surface area contributed by atoms with Gasteiger partial charge in [-0.15, -0.1) is 0 Å². The molecule has 154 valence electrons. The van der Waals surface area contributed by atoms with E-state index in [0.717, 1.165) is 21.4 Å². The van der Waals surface area contributed by atoms with Crippen LogP contribution in [0, 0.1) is 0 Å². The number of para-hydroxylation sites is 1. The lowest BCUT2D eigenvalue weighted by atomic mass is 9.81. The lowest BCUT2D eigenvalue weighted by Gasteiger charge is -2.27. The number of benzene rings is 1. The maximum atomic E-state index is 13.4. The molecule has 29 heavy (non-hydrogen) atoms. The van der Waals surface area contributed by atoms with Crippen molar-refractivity contribution in [3.63, 3.8) is 0 Å². The van der Waals surface area contributed by atoms with Crippen LogP contribution in [0.2, 0.25) is 0 Å². The molecule has 8 heteroatoms. The highest BCUT2D eigenvalue weighted by molar-refractivity contribution is 6.08. The Labute approximate surface area is 169 Å². The number of likely N-dealkylation sites (N-methyl/N-ethyl adjacent to an activating group) is 1. The number of esters is 1. The van der Waals surface area contributed by atoms with Gasteiger partial charge >= 0.3 is 12.0 Å². The lowest BCUT2D eigenvalue weighted by Crippen LogP contribution is -2.52. The predicted octanol–water partition coefficient (Wildman–Crippen LogP) is 1.45. The van der Waals surface area contributed by atoms with E-state index in [1.165, 1.54) is 0 Å². The second kappa shape index (κ2) is 7.18. The molecule has 8 nitrogen and oxygen atoms in total. The van der Waals surface area contributed by atoms with Crippen LogP contribution in [-0.4, -0.2) is 71.1 Å². The predicted molar refractivity (Wildman–Crippen MR) is 107 cm³/mol. The van der Waals surface area contributed by atoms with Gasteiger partial charge in [-0.1, -0.05) is 18.2 Å². The summed E-state index contributed by atoms with van der Waals surface area (Å²) in [6.45, 7) is 3.12. The zero-order valence-corrected chi connectivity index (χ0v) is 17.0. The van der Waals surface area contributed by atoms with Crippen LogP contribution in [0.1, 0.15) is 24.8 Å². The van der Waals surface area contributed by atoms with Gasteiger partial charge in [0.25, 0.3) is 5.91 Å². The van der Waals surface area contributed by atoms with Gasteiger partial charge in [0.15, 0.2) is 0 Å². The fraction of sp³-hybridized carbons (Fsp3) is 0.476. The number of amides is 3. The third kappa shape index (κ3) is 3.07. The number of aryl methyl sites for hydroxylation is 1. The van der Waals surface area contributed by atoms with E-state index < -0.39 is 17.5 Å². The molecule has 2 fully saturated rings. The SMILES string of the molecule is CCOC(=O)CCN1C(=O)N[C@]2(CN(C)C[C@@H]2c2cn(C)c3ccccc23)C1=O. The number of carbonyl (C=O) groups excluding carboxylic acids is 3. The zero-order chi connectivity index (χ0) is 20.8. The Morgan fingerprint density at radius 1 is 1.28 bits per heavy atom. The first kappa shape index (κ1) is 19.4. The van der Waals surface area contributed by atoms with Gasteiger partial charge in [-0.3, -0.25) is 14.5 Å². The Morgan fingerprint density at radius 3 is 2.79 bits per heavy atom. The van der Waals surface area contributed by atoms with Gasteiger partial charge in [0, 0.05) is 49.7 Å². The number of carbonyl (C=O) groups is 3. The highest BCUT2D eigenvalue weighted by Crippen LogP contribution is 2.42. The average Bonchev–Trinajstić information content (AvgIpc) is 3.27. The van der Waals surface area contributed by atoms with Crippen LogP contribution >= 0.6 is 0 Å². The molecule has 2 aliphatic rings. The molecule has 0 unspecified atom stereocenters. The minimum absolute atomic E-state index is 0.00213. The molecular formula is C21H26N4O4. The van der Waals surface area contributed by atoms with Crippen molar-refractivity contribution in [3.05, 3.63) is 36.0 Å². The molecular weight excluding hydrogens is 372 g/mol. The number of aromatic nitrogens is 1. The first-order chi connectivity index (χ1) is 13.9. The van der Waals surface area contributed by atoms with Crippen LogP contribution < -0.4 is 5.32 Å². The van der Waals surface area contributed by atoms with E-state index in [-0.39, 0.29) is 31.4 Å². The Balaban J connectivity index is 1.67. The molecule has 1 spiro atoms. The summed E-state index contributed by atoms with van der Waals surface area (Å²) in [5, 5.41) is 4.06. The van der Waals surface area contributed by atoms with Crippen molar-refractivity contribution >= 4 is 28.8 Å². The molecule has 1 aromatic carbocycles. The molecule has 3 heterocycles. The molecule has 0 aliphatic carbocycles. The summed E-state index contributed by atoms with van der Waals surface area (Å²) < 4.78 is 6.98. The topological polar surface area (TPSA) is 83.9 Å². The van der Waals surface area contributed by atoms with Gasteiger partial charge in [-0.05, 0) is 25.6 Å². The van der Waals surface area contributed by atoms with Crippen LogP contribution in [0.3, 0.4) is 0 Å². The van der Waals surface area contributed by atoms with Gasteiger partial charge in [-0.25, -0.2) is 4.79 Å². The van der Waals surface area contributed by atoms with Gasteiger partial charge in [0.05, 0.1) is 13.0 Å². The zero-order valence-electron chi connectivity index (χ0n) is 17.0. The number of urea groups is 1. The third-order valence-electron chi connectivity index (χ3n) is 5.96. The first-order valence-electron chi connectivity index (χ1n) is 9.89. The fourth-order valence-electron chi connectivity index (χ4n) is 4.71. The van der Waals surface area contributed by atoms with E-state index in [9.17, 15) is 14.4 Å². The van der Waals surface area contributed by atoms with E-state index in [1.54, 1.807) is 6.92 Å². The van der Waals surface area contributed by atoms with Crippen LogP contribution in [0.15, 0.2) is 30.5 Å². The highest BCUT2D eigenvalue weighted by atomic mass is 16.5. The van der Waals surface area contributed by atoms with Gasteiger partial charge in [0.1, 0.15) is 5.54 Å². The molecule has 4 rings (SSSR count). The number of hydrogen-bond donors (Lipinski definition) is 1. The highest BCUT2D eigenvalue weighted by Gasteiger charge is 2.60. The minimum Gasteiger partial charge on any atom is -0.466 e. The van der Waals surface area contributed by atoms with Crippen molar-refractivity contribution < 1.29 is 19.1 Å². The summed E-state index contributed by atoms with van der Waals surface area (Å²) in [5.74, 6) is -0.861. The summed E-state index contributed by atoms with van der Waals surface area (Å²) in [5.41, 5.74) is 1.11. The maximum absolute atomic E-state index is 13.4. The van der Waals surface area contributed by atoms with E-state index in [0.29, 0.717) is 13.1 Å². The number of ether oxygens (including phenoxy) is 1. The van der Waals surface area contributed by atoms with Crippen molar-refractivity contribution in [1.82, 2.24) is 19.7 Å². The number of nitrogens with one attached hydrogen (secondary N) is 1. The summed E-state index contributed by atoms with van der Waals surface area (Å²) in [4.78, 5) is 41.1. The van der Waals surface area contributed by atoms with E-state index in [1.807, 2.05) is 32.3 Å². The largest absolute Gasteiger partial charge is 0.466 e. The third-order valence-corrected chi connectivity index (χ3v) is 5.96. The summed E-state index contributed by atoms with van der Waals surface area (Å²) in [6.07, 6.45) is 2.05. The summed E-state index contributed by atoms with van der Waals surface area (Å²) in [7, 11) is 3.94. The minimum atomic E-state index is -1.02. The summed E-state index contributed by atoms with van der Waals surface area (Å²) >= 11 is 0. The van der Waals surface area contributed by atoms with Crippen molar-refractivity contribution in [2.24, 2.45) is 7.05 Å². The molecule has 2 atom stereocenters. The van der Waals surface area contributed by atoms with Crippen LogP contribution in [-0.2, 0) is 21.4 Å². The number of fused-ring (bicyclic) bond motifs is 1. The molecule has 1 aromatic heterocycles. The molecule has 0 bridgehead atoms. The van der Waals surface area contributed by atoms with E-state index >= 15 is 0 Å². The molecule has 2 saturated heterocycles. The van der Waals surface area contributed by atoms with Gasteiger partial charge < -0.3 is 19.5 Å². The molecule has 2 aromatic rings. The Bertz CT molecular complexity index is 984. The van der Waals surface area contributed by atoms with Crippen molar-refractivity contribution in [1.29, 1.82) is 0 Å². The van der Waals surface area contributed by atoms with Gasteiger partial charge in [0.2, 0.25) is 0 Å². The fourth-order valence-corrected chi connectivity index (χ4v) is 4.71. The molecule has 0 saturated carbocycles. The normalized spacial score (nSPS) is 24.7. The Morgan fingerprint density at radius 2 is 2.03 bits per heavy atom.